The molecule has 2 nitrogen and oxygen atoms in total. The van der Waals surface area contributed by atoms with Crippen LogP contribution in [0.1, 0.15) is 36.5 Å². The van der Waals surface area contributed by atoms with Gasteiger partial charge in [0.1, 0.15) is 0 Å². The van der Waals surface area contributed by atoms with Gasteiger partial charge in [-0.2, -0.15) is 0 Å². The monoisotopic (exact) mass is 373 g/mol. The van der Waals surface area contributed by atoms with E-state index in [-0.39, 0.29) is 5.91 Å². The van der Waals surface area contributed by atoms with E-state index in [0.717, 1.165) is 21.4 Å². The Morgan fingerprint density at radius 3 is 2.78 bits per heavy atom. The topological polar surface area (TPSA) is 29.1 Å². The maximum Gasteiger partial charge on any atom is 0.252 e. The van der Waals surface area contributed by atoms with Crippen LogP contribution in [0.15, 0.2) is 27.1 Å². The lowest BCUT2D eigenvalue weighted by molar-refractivity contribution is 0.0944. The van der Waals surface area contributed by atoms with Gasteiger partial charge in [0.25, 0.3) is 5.91 Å². The van der Waals surface area contributed by atoms with Gasteiger partial charge in [-0.25, -0.2) is 0 Å². The van der Waals surface area contributed by atoms with Crippen LogP contribution in [0.2, 0.25) is 0 Å². The second kappa shape index (κ2) is 6.20. The number of nitrogens with one attached hydrogen (secondary N) is 1. The molecule has 0 saturated heterocycles. The van der Waals surface area contributed by atoms with E-state index in [1.807, 2.05) is 18.2 Å². The zero-order valence-corrected chi connectivity index (χ0v) is 13.6. The average Bonchev–Trinajstić information content (AvgIpc) is 2.72. The molecule has 0 radical (unpaired) electrons. The van der Waals surface area contributed by atoms with Gasteiger partial charge in [-0.05, 0) is 52.4 Å². The zero-order chi connectivity index (χ0) is 13.1. The van der Waals surface area contributed by atoms with Crippen LogP contribution in [0.3, 0.4) is 0 Å². The molecular formula is C14H17Br2NO. The molecule has 2 unspecified atom stereocenters. The summed E-state index contributed by atoms with van der Waals surface area (Å²) in [5, 5.41) is 3.05. The highest BCUT2D eigenvalue weighted by molar-refractivity contribution is 9.11. The zero-order valence-electron chi connectivity index (χ0n) is 10.4. The summed E-state index contributed by atoms with van der Waals surface area (Å²) >= 11 is 6.81. The molecule has 1 aromatic rings. The van der Waals surface area contributed by atoms with Crippen molar-refractivity contribution < 1.29 is 4.79 Å². The minimum atomic E-state index is 0.00785. The van der Waals surface area contributed by atoms with Crippen molar-refractivity contribution in [3.8, 4) is 0 Å². The number of carbonyl (C=O) groups excluding carboxylic acids is 1. The largest absolute Gasteiger partial charge is 0.352 e. The third-order valence-corrected chi connectivity index (χ3v) is 4.89. The van der Waals surface area contributed by atoms with Crippen molar-refractivity contribution in [2.45, 2.75) is 26.2 Å². The minimum absolute atomic E-state index is 0.00785. The van der Waals surface area contributed by atoms with Gasteiger partial charge in [0.05, 0.1) is 5.56 Å². The summed E-state index contributed by atoms with van der Waals surface area (Å²) in [6, 6.07) is 5.62. The Kier molecular flexibility index (Phi) is 4.84. The predicted molar refractivity (Wildman–Crippen MR) is 80.7 cm³/mol. The molecule has 18 heavy (non-hydrogen) atoms. The van der Waals surface area contributed by atoms with E-state index in [1.165, 1.54) is 19.3 Å². The summed E-state index contributed by atoms with van der Waals surface area (Å²) in [5.74, 6) is 1.38. The third-order valence-electron chi connectivity index (χ3n) is 3.74. The van der Waals surface area contributed by atoms with Crippen molar-refractivity contribution in [2.75, 3.05) is 6.54 Å². The lowest BCUT2D eigenvalue weighted by atomic mass is 9.98. The molecule has 0 heterocycles. The molecule has 1 aliphatic rings. The minimum Gasteiger partial charge on any atom is -0.352 e. The Balaban J connectivity index is 1.95. The van der Waals surface area contributed by atoms with Crippen LogP contribution < -0.4 is 5.32 Å². The highest BCUT2D eigenvalue weighted by atomic mass is 79.9. The Labute approximate surface area is 125 Å². The first-order valence-electron chi connectivity index (χ1n) is 6.31. The van der Waals surface area contributed by atoms with Crippen molar-refractivity contribution in [3.05, 3.63) is 32.7 Å². The maximum absolute atomic E-state index is 12.1. The number of hydrogen-bond acceptors (Lipinski definition) is 1. The van der Waals surface area contributed by atoms with E-state index in [1.54, 1.807) is 0 Å². The van der Waals surface area contributed by atoms with Crippen LogP contribution in [0.5, 0.6) is 0 Å². The van der Waals surface area contributed by atoms with Crippen LogP contribution in [0, 0.1) is 11.8 Å². The fourth-order valence-electron chi connectivity index (χ4n) is 2.52. The summed E-state index contributed by atoms with van der Waals surface area (Å²) in [4.78, 5) is 12.1. The number of halogens is 2. The second-order valence-electron chi connectivity index (χ2n) is 5.00. The number of rotatable bonds is 3. The van der Waals surface area contributed by atoms with Gasteiger partial charge in [0, 0.05) is 15.5 Å². The molecule has 4 heteroatoms. The van der Waals surface area contributed by atoms with Gasteiger partial charge < -0.3 is 5.32 Å². The van der Waals surface area contributed by atoms with Gasteiger partial charge in [-0.3, -0.25) is 4.79 Å². The summed E-state index contributed by atoms with van der Waals surface area (Å²) in [6.07, 6.45) is 3.83. The van der Waals surface area contributed by atoms with Crippen molar-refractivity contribution in [2.24, 2.45) is 11.8 Å². The van der Waals surface area contributed by atoms with E-state index in [9.17, 15) is 4.79 Å². The molecular weight excluding hydrogens is 358 g/mol. The molecule has 1 N–H and O–H groups in total. The van der Waals surface area contributed by atoms with E-state index in [0.29, 0.717) is 11.5 Å². The molecule has 0 aliphatic heterocycles. The molecule has 2 atom stereocenters. The normalized spacial score (nSPS) is 23.1. The first-order valence-corrected chi connectivity index (χ1v) is 7.90. The molecule has 1 fully saturated rings. The Bertz CT molecular complexity index is 447. The smallest absolute Gasteiger partial charge is 0.252 e. The highest BCUT2D eigenvalue weighted by Crippen LogP contribution is 2.30. The Hall–Kier alpha value is -0.350. The van der Waals surface area contributed by atoms with Crippen LogP contribution in [-0.4, -0.2) is 12.5 Å². The summed E-state index contributed by atoms with van der Waals surface area (Å²) in [7, 11) is 0. The van der Waals surface area contributed by atoms with Gasteiger partial charge in [0.15, 0.2) is 0 Å². The average molecular weight is 375 g/mol. The second-order valence-corrected chi connectivity index (χ2v) is 6.77. The SMILES string of the molecule is CC1CCCC1CNC(=O)c1ccc(Br)cc1Br. The Morgan fingerprint density at radius 1 is 1.39 bits per heavy atom. The summed E-state index contributed by atoms with van der Waals surface area (Å²) in [6.45, 7) is 3.07. The quantitative estimate of drug-likeness (QED) is 0.835. The lowest BCUT2D eigenvalue weighted by Crippen LogP contribution is -2.30. The van der Waals surface area contributed by atoms with E-state index in [2.05, 4.69) is 44.1 Å². The fraction of sp³-hybridized carbons (Fsp3) is 0.500. The highest BCUT2D eigenvalue weighted by Gasteiger charge is 2.23. The van der Waals surface area contributed by atoms with Crippen molar-refractivity contribution in [1.82, 2.24) is 5.32 Å². The molecule has 98 valence electrons. The van der Waals surface area contributed by atoms with Gasteiger partial charge in [0.2, 0.25) is 0 Å². The van der Waals surface area contributed by atoms with Crippen LogP contribution in [0.25, 0.3) is 0 Å². The molecule has 1 amide bonds. The maximum atomic E-state index is 12.1. The van der Waals surface area contributed by atoms with E-state index in [4.69, 9.17) is 0 Å². The lowest BCUT2D eigenvalue weighted by Gasteiger charge is -2.16. The molecule has 1 saturated carbocycles. The fourth-order valence-corrected chi connectivity index (χ4v) is 3.75. The van der Waals surface area contributed by atoms with Crippen molar-refractivity contribution in [3.63, 3.8) is 0 Å². The molecule has 0 bridgehead atoms. The van der Waals surface area contributed by atoms with E-state index >= 15 is 0 Å². The summed E-state index contributed by atoms with van der Waals surface area (Å²) < 4.78 is 1.80. The van der Waals surface area contributed by atoms with Crippen LogP contribution in [0.4, 0.5) is 0 Å². The number of carbonyl (C=O) groups is 1. The van der Waals surface area contributed by atoms with E-state index < -0.39 is 0 Å². The first-order chi connectivity index (χ1) is 8.58. The molecule has 0 spiro atoms. The number of hydrogen-bond donors (Lipinski definition) is 1. The van der Waals surface area contributed by atoms with Crippen LogP contribution >= 0.6 is 31.9 Å². The Morgan fingerprint density at radius 2 is 2.17 bits per heavy atom. The number of amides is 1. The summed E-state index contributed by atoms with van der Waals surface area (Å²) in [5.41, 5.74) is 0.698. The van der Waals surface area contributed by atoms with Crippen molar-refractivity contribution >= 4 is 37.8 Å². The third kappa shape index (κ3) is 3.35. The van der Waals surface area contributed by atoms with Gasteiger partial charge >= 0.3 is 0 Å². The van der Waals surface area contributed by atoms with Gasteiger partial charge in [-0.15, -0.1) is 0 Å². The van der Waals surface area contributed by atoms with Crippen molar-refractivity contribution in [1.29, 1.82) is 0 Å². The van der Waals surface area contributed by atoms with Crippen LogP contribution in [-0.2, 0) is 0 Å². The first kappa shape index (κ1) is 14.1. The molecule has 0 aromatic heterocycles. The standard InChI is InChI=1S/C14H17Br2NO/c1-9-3-2-4-10(9)8-17-14(18)12-6-5-11(15)7-13(12)16/h5-7,9-10H,2-4,8H2,1H3,(H,17,18). The molecule has 1 aromatic carbocycles. The van der Waals surface area contributed by atoms with Gasteiger partial charge in [-0.1, -0.05) is 35.7 Å². The number of benzene rings is 1. The molecule has 2 rings (SSSR count). The predicted octanol–water partition coefficient (Wildman–Crippen LogP) is 4.38. The molecule has 1 aliphatic carbocycles.